The van der Waals surface area contributed by atoms with Crippen LogP contribution in [0, 0.1) is 28.6 Å². The van der Waals surface area contributed by atoms with Crippen LogP contribution in [-0.2, 0) is 9.53 Å². The second-order valence-electron chi connectivity index (χ2n) is 10.3. The molecule has 5 aliphatic rings. The van der Waals surface area contributed by atoms with Crippen LogP contribution in [0.15, 0.2) is 23.3 Å². The molecule has 1 heterocycles. The molecule has 0 aromatic carbocycles. The second kappa shape index (κ2) is 5.25. The first-order chi connectivity index (χ1) is 12.3. The molecule has 1 aliphatic heterocycles. The number of hydrogen-bond donors (Lipinski definition) is 1. The normalized spacial score (nSPS) is 52.7. The molecule has 3 nitrogen and oxygen atoms in total. The van der Waals surface area contributed by atoms with Gasteiger partial charge < -0.3 is 9.84 Å². The van der Waals surface area contributed by atoms with E-state index in [0.29, 0.717) is 24.2 Å². The van der Waals surface area contributed by atoms with Gasteiger partial charge in [-0.15, -0.1) is 0 Å². The number of rotatable bonds is 0. The molecule has 26 heavy (non-hydrogen) atoms. The standard InChI is InChI=1S/C23H32O3/c1-14-6-9-21(2)15(12-14)4-5-16-17-7-10-23(11-8-19(25)26-23)22(17,3)13-18(24)20(16)21/h4,12,16-18,20,24H,5-11,13H2,1-3H3/t16?,17?,18-,20?,21?,22?,23-/m1/s1. The number of allylic oxidation sites excluding steroid dienone is 4. The van der Waals surface area contributed by atoms with E-state index in [1.807, 2.05) is 0 Å². The van der Waals surface area contributed by atoms with Gasteiger partial charge >= 0.3 is 5.97 Å². The smallest absolute Gasteiger partial charge is 0.306 e. The maximum atomic E-state index is 12.0. The maximum Gasteiger partial charge on any atom is 0.306 e. The molecule has 2 saturated carbocycles. The molecule has 4 aliphatic carbocycles. The Balaban J connectivity index is 1.55. The van der Waals surface area contributed by atoms with Gasteiger partial charge in [-0.2, -0.15) is 0 Å². The molecule has 3 fully saturated rings. The Labute approximate surface area is 156 Å². The average molecular weight is 357 g/mol. The predicted octanol–water partition coefficient (Wildman–Crippen LogP) is 4.55. The zero-order chi connectivity index (χ0) is 18.3. The monoisotopic (exact) mass is 356 g/mol. The fourth-order valence-corrected chi connectivity index (χ4v) is 7.88. The van der Waals surface area contributed by atoms with Gasteiger partial charge in [0.15, 0.2) is 0 Å². The first-order valence-electron chi connectivity index (χ1n) is 10.6. The van der Waals surface area contributed by atoms with Gasteiger partial charge in [0.25, 0.3) is 0 Å². The molecule has 5 rings (SSSR count). The highest BCUT2D eigenvalue weighted by atomic mass is 16.6. The number of hydrogen-bond acceptors (Lipinski definition) is 3. The summed E-state index contributed by atoms with van der Waals surface area (Å²) in [6, 6.07) is 0. The molecule has 0 aromatic heterocycles. The Morgan fingerprint density at radius 1 is 1.19 bits per heavy atom. The first-order valence-corrected chi connectivity index (χ1v) is 10.6. The van der Waals surface area contributed by atoms with Crippen molar-refractivity contribution in [1.82, 2.24) is 0 Å². The summed E-state index contributed by atoms with van der Waals surface area (Å²) >= 11 is 0. The van der Waals surface area contributed by atoms with Crippen LogP contribution in [-0.4, -0.2) is 22.8 Å². The van der Waals surface area contributed by atoms with Gasteiger partial charge in [-0.25, -0.2) is 0 Å². The van der Waals surface area contributed by atoms with E-state index in [1.54, 1.807) is 0 Å². The van der Waals surface area contributed by atoms with Crippen molar-refractivity contribution in [3.05, 3.63) is 23.3 Å². The van der Waals surface area contributed by atoms with Crippen LogP contribution < -0.4 is 0 Å². The molecular weight excluding hydrogens is 324 g/mol. The highest BCUT2D eigenvalue weighted by Crippen LogP contribution is 2.69. The lowest BCUT2D eigenvalue weighted by molar-refractivity contribution is -0.181. The molecule has 3 heteroatoms. The fourth-order valence-electron chi connectivity index (χ4n) is 7.88. The summed E-state index contributed by atoms with van der Waals surface area (Å²) in [6.45, 7) is 6.94. The van der Waals surface area contributed by atoms with Gasteiger partial charge in [0.1, 0.15) is 5.60 Å². The van der Waals surface area contributed by atoms with Crippen molar-refractivity contribution in [2.75, 3.05) is 0 Å². The van der Waals surface area contributed by atoms with Crippen molar-refractivity contribution in [1.29, 1.82) is 0 Å². The van der Waals surface area contributed by atoms with E-state index >= 15 is 0 Å². The van der Waals surface area contributed by atoms with Gasteiger partial charge in [0.2, 0.25) is 0 Å². The van der Waals surface area contributed by atoms with Crippen molar-refractivity contribution in [2.45, 2.75) is 83.8 Å². The van der Waals surface area contributed by atoms with Gasteiger partial charge in [-0.1, -0.05) is 31.6 Å². The molecule has 0 aromatic rings. The van der Waals surface area contributed by atoms with Crippen LogP contribution in [0.4, 0.5) is 0 Å². The van der Waals surface area contributed by atoms with Gasteiger partial charge in [0.05, 0.1) is 6.10 Å². The number of ether oxygens (including phenoxy) is 1. The summed E-state index contributed by atoms with van der Waals surface area (Å²) in [4.78, 5) is 12.0. The van der Waals surface area contributed by atoms with Crippen molar-refractivity contribution in [3.63, 3.8) is 0 Å². The van der Waals surface area contributed by atoms with E-state index in [1.165, 1.54) is 11.1 Å². The number of carbonyl (C=O) groups is 1. The Hall–Kier alpha value is -1.09. The topological polar surface area (TPSA) is 46.5 Å². The van der Waals surface area contributed by atoms with Crippen LogP contribution >= 0.6 is 0 Å². The van der Waals surface area contributed by atoms with Crippen molar-refractivity contribution < 1.29 is 14.6 Å². The summed E-state index contributed by atoms with van der Waals surface area (Å²) < 4.78 is 5.98. The average Bonchev–Trinajstić information content (AvgIpc) is 3.09. The summed E-state index contributed by atoms with van der Waals surface area (Å²) in [6.07, 6.45) is 12.3. The Kier molecular flexibility index (Phi) is 3.44. The third kappa shape index (κ3) is 1.96. The van der Waals surface area contributed by atoms with E-state index in [-0.39, 0.29) is 28.5 Å². The molecule has 1 saturated heterocycles. The molecule has 0 radical (unpaired) electrons. The third-order valence-electron chi connectivity index (χ3n) is 9.23. The van der Waals surface area contributed by atoms with E-state index in [9.17, 15) is 9.90 Å². The van der Waals surface area contributed by atoms with Crippen LogP contribution in [0.3, 0.4) is 0 Å². The summed E-state index contributed by atoms with van der Waals surface area (Å²) in [5, 5.41) is 11.4. The fraction of sp³-hybridized carbons (Fsp3) is 0.783. The second-order valence-corrected chi connectivity index (χ2v) is 10.3. The predicted molar refractivity (Wildman–Crippen MR) is 100 cm³/mol. The number of fused-ring (bicyclic) bond motifs is 6. The molecule has 5 unspecified atom stereocenters. The van der Waals surface area contributed by atoms with Crippen molar-refractivity contribution in [3.8, 4) is 0 Å². The summed E-state index contributed by atoms with van der Waals surface area (Å²) in [5.41, 5.74) is 2.66. The summed E-state index contributed by atoms with van der Waals surface area (Å²) in [5.74, 6) is 1.39. The Morgan fingerprint density at radius 3 is 2.73 bits per heavy atom. The Bertz CT molecular complexity index is 721. The van der Waals surface area contributed by atoms with E-state index in [4.69, 9.17) is 4.74 Å². The number of carbonyl (C=O) groups excluding carboxylic acids is 1. The quantitative estimate of drug-likeness (QED) is 0.648. The van der Waals surface area contributed by atoms with Crippen LogP contribution in [0.5, 0.6) is 0 Å². The zero-order valence-corrected chi connectivity index (χ0v) is 16.4. The molecule has 142 valence electrons. The molecule has 0 bridgehead atoms. The third-order valence-corrected chi connectivity index (χ3v) is 9.23. The lowest BCUT2D eigenvalue weighted by Gasteiger charge is -2.59. The lowest BCUT2D eigenvalue weighted by atomic mass is 9.46. The number of esters is 1. The lowest BCUT2D eigenvalue weighted by Crippen LogP contribution is -2.59. The SMILES string of the molecule is CC1=CC2=CCC3C([C@H](O)CC4(C)C3CC[C@@]43CCC(=O)O3)C2(C)CC1. The van der Waals surface area contributed by atoms with E-state index < -0.39 is 0 Å². The number of aliphatic hydroxyl groups excluding tert-OH is 1. The van der Waals surface area contributed by atoms with E-state index in [0.717, 1.165) is 44.9 Å². The molecule has 1 spiro atoms. The van der Waals surface area contributed by atoms with Crippen LogP contribution in [0.1, 0.15) is 72.1 Å². The highest BCUT2D eigenvalue weighted by molar-refractivity contribution is 5.72. The Morgan fingerprint density at radius 2 is 2.00 bits per heavy atom. The molecule has 7 atom stereocenters. The highest BCUT2D eigenvalue weighted by Gasteiger charge is 2.68. The van der Waals surface area contributed by atoms with Crippen molar-refractivity contribution in [2.24, 2.45) is 28.6 Å². The number of aliphatic hydroxyl groups is 1. The zero-order valence-electron chi connectivity index (χ0n) is 16.4. The van der Waals surface area contributed by atoms with Gasteiger partial charge in [-0.05, 0) is 80.6 Å². The van der Waals surface area contributed by atoms with Gasteiger partial charge in [0, 0.05) is 11.8 Å². The minimum absolute atomic E-state index is 0.0332. The molecule has 1 N–H and O–H groups in total. The van der Waals surface area contributed by atoms with Gasteiger partial charge in [-0.3, -0.25) is 4.79 Å². The van der Waals surface area contributed by atoms with E-state index in [2.05, 4.69) is 32.9 Å². The minimum atomic E-state index is -0.311. The molecule has 0 amide bonds. The largest absolute Gasteiger partial charge is 0.458 e. The van der Waals surface area contributed by atoms with Crippen LogP contribution in [0.2, 0.25) is 0 Å². The van der Waals surface area contributed by atoms with Crippen molar-refractivity contribution >= 4 is 5.97 Å². The van der Waals surface area contributed by atoms with Crippen LogP contribution in [0.25, 0.3) is 0 Å². The first kappa shape index (κ1) is 17.0. The maximum absolute atomic E-state index is 12.0. The minimum Gasteiger partial charge on any atom is -0.458 e. The molecular formula is C23H32O3. The summed E-state index contributed by atoms with van der Waals surface area (Å²) in [7, 11) is 0.